The predicted octanol–water partition coefficient (Wildman–Crippen LogP) is 1.60. The van der Waals surface area contributed by atoms with Gasteiger partial charge in [-0.1, -0.05) is 24.3 Å². The number of ether oxygens (including phenoxy) is 1. The molecule has 32 heavy (non-hydrogen) atoms. The number of benzene rings is 2. The number of nitrogens with zero attached hydrogens (tertiary/aromatic N) is 3. The number of fused-ring (bicyclic) bond motifs is 5. The molecular formula is C22H18N4O6. The lowest BCUT2D eigenvalue weighted by atomic mass is 9.84. The van der Waals surface area contributed by atoms with Crippen LogP contribution in [0.1, 0.15) is 17.2 Å². The van der Waals surface area contributed by atoms with Gasteiger partial charge in [0.2, 0.25) is 17.7 Å². The summed E-state index contributed by atoms with van der Waals surface area (Å²) in [6.07, 6.45) is 3.51. The first-order valence-electron chi connectivity index (χ1n) is 9.89. The first-order chi connectivity index (χ1) is 15.3. The number of amides is 3. The van der Waals surface area contributed by atoms with Gasteiger partial charge in [-0.2, -0.15) is 0 Å². The Morgan fingerprint density at radius 2 is 1.84 bits per heavy atom. The third-order valence-corrected chi connectivity index (χ3v) is 6.37. The number of nitro benzene ring substituents is 1. The van der Waals surface area contributed by atoms with Crippen LogP contribution in [0.2, 0.25) is 0 Å². The summed E-state index contributed by atoms with van der Waals surface area (Å²) in [5.41, 5.74) is 7.05. The molecule has 10 heteroatoms. The summed E-state index contributed by atoms with van der Waals surface area (Å²) in [5.74, 6) is -3.68. The van der Waals surface area contributed by atoms with Gasteiger partial charge in [0.25, 0.3) is 5.69 Å². The van der Waals surface area contributed by atoms with E-state index in [9.17, 15) is 24.5 Å². The summed E-state index contributed by atoms with van der Waals surface area (Å²) in [4.78, 5) is 52.9. The van der Waals surface area contributed by atoms with E-state index in [0.717, 1.165) is 22.1 Å². The maximum Gasteiger partial charge on any atom is 0.271 e. The van der Waals surface area contributed by atoms with Gasteiger partial charge in [0, 0.05) is 18.3 Å². The molecule has 0 saturated carbocycles. The van der Waals surface area contributed by atoms with Crippen molar-refractivity contribution in [2.45, 2.75) is 12.1 Å². The third-order valence-electron chi connectivity index (χ3n) is 6.37. The van der Waals surface area contributed by atoms with Crippen molar-refractivity contribution in [3.8, 4) is 5.75 Å². The van der Waals surface area contributed by atoms with Crippen LogP contribution in [0.25, 0.3) is 6.08 Å². The minimum absolute atomic E-state index is 0.0273. The van der Waals surface area contributed by atoms with Gasteiger partial charge in [0.1, 0.15) is 17.5 Å². The fourth-order valence-electron chi connectivity index (χ4n) is 5.09. The highest BCUT2D eigenvalue weighted by atomic mass is 16.6. The lowest BCUT2D eigenvalue weighted by Gasteiger charge is -2.34. The molecule has 162 valence electrons. The molecule has 4 atom stereocenters. The van der Waals surface area contributed by atoms with Crippen LogP contribution in [-0.2, 0) is 14.4 Å². The molecule has 3 aliphatic heterocycles. The van der Waals surface area contributed by atoms with Gasteiger partial charge in [-0.05, 0) is 23.3 Å². The fourth-order valence-corrected chi connectivity index (χ4v) is 5.09. The van der Waals surface area contributed by atoms with Crippen molar-refractivity contribution in [1.82, 2.24) is 4.90 Å². The summed E-state index contributed by atoms with van der Waals surface area (Å²) in [6.45, 7) is 0. The van der Waals surface area contributed by atoms with Crippen LogP contribution in [0.5, 0.6) is 5.75 Å². The first-order valence-corrected chi connectivity index (χ1v) is 9.89. The van der Waals surface area contributed by atoms with Crippen molar-refractivity contribution in [2.24, 2.45) is 17.6 Å². The Labute approximate surface area is 182 Å². The summed E-state index contributed by atoms with van der Waals surface area (Å²) in [6, 6.07) is 9.52. The van der Waals surface area contributed by atoms with E-state index in [2.05, 4.69) is 0 Å². The molecule has 3 amide bonds. The van der Waals surface area contributed by atoms with Gasteiger partial charge in [-0.15, -0.1) is 0 Å². The molecule has 0 aliphatic carbocycles. The zero-order valence-electron chi connectivity index (χ0n) is 16.9. The number of nitro groups is 1. The first kappa shape index (κ1) is 19.7. The van der Waals surface area contributed by atoms with Crippen molar-refractivity contribution in [3.63, 3.8) is 0 Å². The largest absolute Gasteiger partial charge is 0.495 e. The molecule has 0 radical (unpaired) electrons. The maximum atomic E-state index is 13.7. The monoisotopic (exact) mass is 434 g/mol. The van der Waals surface area contributed by atoms with E-state index in [1.165, 1.54) is 19.2 Å². The Morgan fingerprint density at radius 1 is 1.12 bits per heavy atom. The molecule has 10 nitrogen and oxygen atoms in total. The summed E-state index contributed by atoms with van der Waals surface area (Å²) in [7, 11) is 1.34. The van der Waals surface area contributed by atoms with Crippen LogP contribution < -0.4 is 15.4 Å². The summed E-state index contributed by atoms with van der Waals surface area (Å²) < 4.78 is 5.27. The maximum absolute atomic E-state index is 13.7. The number of anilines is 1. The quantitative estimate of drug-likeness (QED) is 0.438. The summed E-state index contributed by atoms with van der Waals surface area (Å²) >= 11 is 0. The van der Waals surface area contributed by atoms with Crippen LogP contribution in [0.15, 0.2) is 48.7 Å². The number of hydrogen-bond acceptors (Lipinski definition) is 7. The van der Waals surface area contributed by atoms with Crippen molar-refractivity contribution in [3.05, 3.63) is 69.9 Å². The van der Waals surface area contributed by atoms with Crippen molar-refractivity contribution in [1.29, 1.82) is 0 Å². The van der Waals surface area contributed by atoms with Gasteiger partial charge >= 0.3 is 0 Å². The Hall–Kier alpha value is -4.21. The molecule has 5 rings (SSSR count). The van der Waals surface area contributed by atoms with Crippen LogP contribution in [0, 0.1) is 22.0 Å². The van der Waals surface area contributed by atoms with Crippen molar-refractivity contribution in [2.75, 3.05) is 12.0 Å². The number of imide groups is 1. The van der Waals surface area contributed by atoms with Gasteiger partial charge in [0.05, 0.1) is 29.9 Å². The molecule has 0 aromatic heterocycles. The molecule has 1 unspecified atom stereocenters. The van der Waals surface area contributed by atoms with E-state index in [1.54, 1.807) is 11.1 Å². The molecular weight excluding hydrogens is 416 g/mol. The van der Waals surface area contributed by atoms with Crippen LogP contribution >= 0.6 is 0 Å². The second-order valence-electron chi connectivity index (χ2n) is 7.86. The van der Waals surface area contributed by atoms with Crippen LogP contribution in [0.4, 0.5) is 11.4 Å². The molecule has 2 saturated heterocycles. The Morgan fingerprint density at radius 3 is 2.53 bits per heavy atom. The molecule has 2 aromatic carbocycles. The Kier molecular flexibility index (Phi) is 4.26. The molecule has 2 N–H and O–H groups in total. The number of carbonyl (C=O) groups excluding carboxylic acids is 3. The van der Waals surface area contributed by atoms with Gasteiger partial charge < -0.3 is 15.4 Å². The zero-order chi connectivity index (χ0) is 22.7. The van der Waals surface area contributed by atoms with E-state index in [1.807, 2.05) is 30.3 Å². The topological polar surface area (TPSA) is 136 Å². The van der Waals surface area contributed by atoms with Crippen LogP contribution in [0.3, 0.4) is 0 Å². The van der Waals surface area contributed by atoms with Gasteiger partial charge in [-0.25, -0.2) is 4.90 Å². The second kappa shape index (κ2) is 6.91. The van der Waals surface area contributed by atoms with E-state index in [0.29, 0.717) is 0 Å². The normalized spacial score (nSPS) is 25.4. The number of non-ortho nitro benzene ring substituents is 1. The highest BCUT2D eigenvalue weighted by Gasteiger charge is 2.64. The number of hydrogen-bond donors (Lipinski definition) is 1. The zero-order valence-corrected chi connectivity index (χ0v) is 16.9. The Bertz CT molecular complexity index is 1220. The fraction of sp³-hybridized carbons (Fsp3) is 0.227. The number of nitrogens with two attached hydrogens (primary N) is 1. The third kappa shape index (κ3) is 2.55. The molecule has 0 bridgehead atoms. The molecule has 3 heterocycles. The van der Waals surface area contributed by atoms with Crippen LogP contribution in [-0.4, -0.2) is 40.7 Å². The number of carbonyl (C=O) groups is 3. The standard InChI is InChI=1S/C22H18N4O6/c1-32-15-7-6-12(26(30)31)10-14(15)25-21(28)16-17(22(25)29)19(20(23)27)24-9-8-11-4-2-3-5-13(11)18(16)24/h2-10,16-19H,1H3,(H2,23,27)/t16-,17+,18?,19-/m0/s1. The average molecular weight is 434 g/mol. The number of primary amides is 1. The lowest BCUT2D eigenvalue weighted by molar-refractivity contribution is -0.384. The summed E-state index contributed by atoms with van der Waals surface area (Å²) in [5, 5.41) is 11.3. The minimum atomic E-state index is -1.03. The molecule has 2 aromatic rings. The second-order valence-corrected chi connectivity index (χ2v) is 7.86. The highest BCUT2D eigenvalue weighted by molar-refractivity contribution is 6.24. The molecule has 2 fully saturated rings. The Balaban J connectivity index is 1.66. The SMILES string of the molecule is COc1ccc([N+](=O)[O-])cc1N1C(=O)[C@@H]2[C@H](C1=O)C1c3ccccc3C=CN1[C@@H]2C(N)=O. The number of methoxy groups -OCH3 is 1. The predicted molar refractivity (Wildman–Crippen MR) is 112 cm³/mol. The lowest BCUT2D eigenvalue weighted by Crippen LogP contribution is -2.46. The molecule has 3 aliphatic rings. The van der Waals surface area contributed by atoms with Gasteiger partial charge in [0.15, 0.2) is 0 Å². The average Bonchev–Trinajstić information content (AvgIpc) is 3.26. The minimum Gasteiger partial charge on any atom is -0.495 e. The number of rotatable bonds is 4. The highest BCUT2D eigenvalue weighted by Crippen LogP contribution is 2.53. The van der Waals surface area contributed by atoms with Crippen molar-refractivity contribution < 1.29 is 24.0 Å². The molecule has 0 spiro atoms. The van der Waals surface area contributed by atoms with E-state index in [-0.39, 0.29) is 17.1 Å². The van der Waals surface area contributed by atoms with E-state index >= 15 is 0 Å². The van der Waals surface area contributed by atoms with Crippen molar-refractivity contribution >= 4 is 35.2 Å². The van der Waals surface area contributed by atoms with E-state index < -0.39 is 46.6 Å². The van der Waals surface area contributed by atoms with Gasteiger partial charge in [-0.3, -0.25) is 24.5 Å². The smallest absolute Gasteiger partial charge is 0.271 e. The van der Waals surface area contributed by atoms with E-state index in [4.69, 9.17) is 10.5 Å².